The molecule has 2 aliphatic rings. The van der Waals surface area contributed by atoms with Crippen molar-refractivity contribution in [2.45, 2.75) is 56.7 Å². The quantitative estimate of drug-likeness (QED) is 0.130. The van der Waals surface area contributed by atoms with Crippen LogP contribution in [0.5, 0.6) is 5.75 Å². The Morgan fingerprint density at radius 2 is 1.84 bits per heavy atom. The second kappa shape index (κ2) is 13.5. The summed E-state index contributed by atoms with van der Waals surface area (Å²) in [6.07, 6.45) is 2.27. The highest BCUT2D eigenvalue weighted by Crippen LogP contribution is 2.60. The number of hydrogen-bond acceptors (Lipinski definition) is 5. The van der Waals surface area contributed by atoms with Crippen LogP contribution in [0.15, 0.2) is 102 Å². The number of aliphatic hydroxyl groups excluding tert-OH is 1. The molecule has 3 heterocycles. The number of ether oxygens (including phenoxy) is 2. The van der Waals surface area contributed by atoms with Crippen LogP contribution in [-0.4, -0.2) is 49.8 Å². The van der Waals surface area contributed by atoms with E-state index in [0.717, 1.165) is 43.5 Å². The first-order valence-electron chi connectivity index (χ1n) is 17.1. The number of nitrogens with one attached hydrogen (secondary N) is 2. The van der Waals surface area contributed by atoms with E-state index in [1.54, 1.807) is 7.11 Å². The third-order valence-electron chi connectivity index (χ3n) is 10.8. The molecule has 2 amide bonds. The molecule has 258 valence electrons. The highest BCUT2D eigenvalue weighted by Gasteiger charge is 2.66. The number of aliphatic hydroxyl groups is 1. The van der Waals surface area contributed by atoms with E-state index in [1.165, 1.54) is 5.19 Å². The zero-order valence-electron chi connectivity index (χ0n) is 28.7. The van der Waals surface area contributed by atoms with Gasteiger partial charge in [0.05, 0.1) is 39.9 Å². The standard InChI is InChI=1S/C40H42BrN3O5Si/c1-25-38(50(3,4)31-15-13-30(48-2)14-16-31)36(18-19-45)49-40(25)33-22-28(41)12-17-35(33)44(39(40)47)24-26-8-7-9-29(20-26)43-37(46)21-27-23-42-34-11-6-5-10-32(27)34/h5-17,20,22-23,25,36,38,42,45H,18-19,21,24H2,1-4H3,(H,43,46)/t25-,36+,38-,40+/m1/s1. The van der Waals surface area contributed by atoms with Crippen LogP contribution in [0.1, 0.15) is 30.0 Å². The molecule has 8 nitrogen and oxygen atoms in total. The van der Waals surface area contributed by atoms with Crippen molar-refractivity contribution < 1.29 is 24.2 Å². The molecular weight excluding hydrogens is 710 g/mol. The van der Waals surface area contributed by atoms with Gasteiger partial charge in [0, 0.05) is 45.3 Å². The molecule has 50 heavy (non-hydrogen) atoms. The predicted octanol–water partition coefficient (Wildman–Crippen LogP) is 7.27. The third-order valence-corrected chi connectivity index (χ3v) is 15.6. The summed E-state index contributed by atoms with van der Waals surface area (Å²) in [5.41, 5.74) is 4.00. The fourth-order valence-corrected chi connectivity index (χ4v) is 12.8. The number of fused-ring (bicyclic) bond motifs is 3. The van der Waals surface area contributed by atoms with E-state index in [2.05, 4.69) is 58.4 Å². The maximum atomic E-state index is 15.0. The highest BCUT2D eigenvalue weighted by molar-refractivity contribution is 9.10. The number of amides is 2. The average molecular weight is 753 g/mol. The van der Waals surface area contributed by atoms with Crippen molar-refractivity contribution in [1.82, 2.24) is 4.98 Å². The molecule has 0 radical (unpaired) electrons. The van der Waals surface area contributed by atoms with Gasteiger partial charge in [0.2, 0.25) is 5.91 Å². The molecule has 3 N–H and O–H groups in total. The Labute approximate surface area is 301 Å². The van der Waals surface area contributed by atoms with E-state index in [1.807, 2.05) is 90.0 Å². The summed E-state index contributed by atoms with van der Waals surface area (Å²) in [7, 11) is -0.614. The average Bonchev–Trinajstić information content (AvgIpc) is 3.72. The summed E-state index contributed by atoms with van der Waals surface area (Å²) in [4.78, 5) is 33.1. The molecule has 1 aromatic heterocycles. The highest BCUT2D eigenvalue weighted by atomic mass is 79.9. The van der Waals surface area contributed by atoms with Crippen LogP contribution < -0.4 is 20.1 Å². The maximum absolute atomic E-state index is 15.0. The van der Waals surface area contributed by atoms with Gasteiger partial charge in [-0.25, -0.2) is 0 Å². The van der Waals surface area contributed by atoms with Crippen LogP contribution in [-0.2, 0) is 32.9 Å². The summed E-state index contributed by atoms with van der Waals surface area (Å²) >= 11 is 3.67. The van der Waals surface area contributed by atoms with Gasteiger partial charge in [0.15, 0.2) is 5.60 Å². The maximum Gasteiger partial charge on any atom is 0.264 e. The van der Waals surface area contributed by atoms with Crippen molar-refractivity contribution in [3.63, 3.8) is 0 Å². The summed E-state index contributed by atoms with van der Waals surface area (Å²) in [6.45, 7) is 7.10. The van der Waals surface area contributed by atoms with Gasteiger partial charge in [-0.2, -0.15) is 0 Å². The zero-order chi connectivity index (χ0) is 35.2. The van der Waals surface area contributed by atoms with E-state index >= 15 is 0 Å². The molecule has 5 aromatic rings. The zero-order valence-corrected chi connectivity index (χ0v) is 31.3. The third kappa shape index (κ3) is 5.87. The van der Waals surface area contributed by atoms with Crippen molar-refractivity contribution in [1.29, 1.82) is 0 Å². The van der Waals surface area contributed by atoms with E-state index in [9.17, 15) is 14.7 Å². The number of nitrogens with zero attached hydrogens (tertiary/aromatic N) is 1. The first-order valence-corrected chi connectivity index (χ1v) is 20.9. The van der Waals surface area contributed by atoms with Gasteiger partial charge in [0.25, 0.3) is 5.91 Å². The number of aromatic nitrogens is 1. The molecule has 1 spiro atoms. The number of H-pyrrole nitrogens is 1. The largest absolute Gasteiger partial charge is 0.497 e. The molecule has 1 saturated heterocycles. The van der Waals surface area contributed by atoms with Crippen molar-refractivity contribution in [3.05, 3.63) is 118 Å². The van der Waals surface area contributed by atoms with Gasteiger partial charge >= 0.3 is 0 Å². The Balaban J connectivity index is 1.17. The van der Waals surface area contributed by atoms with Crippen LogP contribution in [0.4, 0.5) is 11.4 Å². The fourth-order valence-electron chi connectivity index (χ4n) is 8.43. The van der Waals surface area contributed by atoms with Crippen molar-refractivity contribution >= 4 is 63.3 Å². The molecule has 0 saturated carbocycles. The van der Waals surface area contributed by atoms with Crippen LogP contribution in [0.3, 0.4) is 0 Å². The van der Waals surface area contributed by atoms with Gasteiger partial charge in [-0.15, -0.1) is 0 Å². The number of aromatic amines is 1. The second-order valence-corrected chi connectivity index (χ2v) is 19.6. The Bertz CT molecular complexity index is 2060. The number of hydrogen-bond donors (Lipinski definition) is 3. The van der Waals surface area contributed by atoms with Gasteiger partial charge in [0.1, 0.15) is 5.75 Å². The number of methoxy groups -OCH3 is 1. The molecule has 2 aliphatic heterocycles. The molecule has 0 unspecified atom stereocenters. The fraction of sp³-hybridized carbons (Fsp3) is 0.300. The second-order valence-electron chi connectivity index (χ2n) is 14.0. The summed E-state index contributed by atoms with van der Waals surface area (Å²) in [5.74, 6) is 0.424. The molecule has 0 bridgehead atoms. The summed E-state index contributed by atoms with van der Waals surface area (Å²) < 4.78 is 13.3. The number of carbonyl (C=O) groups excluding carboxylic acids is 2. The number of rotatable bonds is 10. The number of para-hydroxylation sites is 1. The lowest BCUT2D eigenvalue weighted by atomic mass is 9.82. The van der Waals surface area contributed by atoms with E-state index in [0.29, 0.717) is 18.7 Å². The minimum absolute atomic E-state index is 0.0286. The monoisotopic (exact) mass is 751 g/mol. The number of anilines is 2. The molecule has 1 fully saturated rings. The van der Waals surface area contributed by atoms with Gasteiger partial charge in [-0.1, -0.05) is 83.6 Å². The minimum Gasteiger partial charge on any atom is -0.497 e. The molecule has 4 atom stereocenters. The minimum atomic E-state index is -2.28. The van der Waals surface area contributed by atoms with Gasteiger partial charge in [-0.05, 0) is 71.6 Å². The number of carbonyl (C=O) groups is 2. The predicted molar refractivity (Wildman–Crippen MR) is 204 cm³/mol. The smallest absolute Gasteiger partial charge is 0.264 e. The molecular formula is C40H42BrN3O5Si. The topological polar surface area (TPSA) is 104 Å². The first kappa shape index (κ1) is 34.2. The van der Waals surface area contributed by atoms with E-state index in [4.69, 9.17) is 9.47 Å². The molecule has 0 aliphatic carbocycles. The lowest BCUT2D eigenvalue weighted by Crippen LogP contribution is -2.51. The molecule has 7 rings (SSSR count). The number of benzene rings is 4. The van der Waals surface area contributed by atoms with Crippen LogP contribution in [0, 0.1) is 5.92 Å². The Morgan fingerprint density at radius 3 is 2.60 bits per heavy atom. The number of halogens is 1. The van der Waals surface area contributed by atoms with Crippen molar-refractivity contribution in [3.8, 4) is 5.75 Å². The Morgan fingerprint density at radius 1 is 1.06 bits per heavy atom. The first-order chi connectivity index (χ1) is 24.1. The molecule has 10 heteroatoms. The van der Waals surface area contributed by atoms with Crippen LogP contribution in [0.2, 0.25) is 18.6 Å². The van der Waals surface area contributed by atoms with E-state index in [-0.39, 0.29) is 42.4 Å². The van der Waals surface area contributed by atoms with Crippen LogP contribution >= 0.6 is 15.9 Å². The Kier molecular flexibility index (Phi) is 9.23. The van der Waals surface area contributed by atoms with Gasteiger partial charge in [-0.3, -0.25) is 9.59 Å². The van der Waals surface area contributed by atoms with Crippen LogP contribution in [0.25, 0.3) is 10.9 Å². The van der Waals surface area contributed by atoms with E-state index < -0.39 is 13.7 Å². The molecule has 4 aromatic carbocycles. The normalized spacial score (nSPS) is 21.6. The van der Waals surface area contributed by atoms with Crippen molar-refractivity contribution in [2.75, 3.05) is 23.9 Å². The Hall–Kier alpha value is -4.22. The SMILES string of the molecule is COc1ccc([Si](C)(C)[C@H]2[C@H](CCO)O[C@@]3(C(=O)N(Cc4cccc(NC(=O)Cc5c[nH]c6ccccc56)c4)c4ccc(Br)cc43)[C@@H]2C)cc1. The van der Waals surface area contributed by atoms with Crippen molar-refractivity contribution in [2.24, 2.45) is 5.92 Å². The van der Waals surface area contributed by atoms with Gasteiger partial charge < -0.3 is 29.8 Å². The summed E-state index contributed by atoms with van der Waals surface area (Å²) in [5, 5.41) is 15.5. The summed E-state index contributed by atoms with van der Waals surface area (Å²) in [6, 6.07) is 29.8. The lowest BCUT2D eigenvalue weighted by Gasteiger charge is -2.37. The lowest BCUT2D eigenvalue weighted by molar-refractivity contribution is -0.146.